The first kappa shape index (κ1) is 19.3. The topological polar surface area (TPSA) is 143 Å². The molecule has 0 aliphatic carbocycles. The van der Waals surface area contributed by atoms with Gasteiger partial charge in [-0.3, -0.25) is 0 Å². The third kappa shape index (κ3) is 6.08. The van der Waals surface area contributed by atoms with E-state index in [2.05, 4.69) is 4.33 Å². The Labute approximate surface area is 123 Å². The summed E-state index contributed by atoms with van der Waals surface area (Å²) in [6.07, 6.45) is 0. The summed E-state index contributed by atoms with van der Waals surface area (Å²) in [7, 11) is 0. The quantitative estimate of drug-likeness (QED) is 0.546. The van der Waals surface area contributed by atoms with E-state index in [4.69, 9.17) is 21.0 Å². The second kappa shape index (κ2) is 7.36. The van der Waals surface area contributed by atoms with E-state index in [1.165, 1.54) is 0 Å². The van der Waals surface area contributed by atoms with E-state index in [0.717, 1.165) is 27.7 Å². The van der Waals surface area contributed by atoms with Crippen LogP contribution < -0.4 is 10.1 Å². The van der Waals surface area contributed by atoms with Crippen molar-refractivity contribution < 1.29 is 47.8 Å². The van der Waals surface area contributed by atoms with Gasteiger partial charge >= 0.3 is 123 Å². The molecule has 0 fully saturated rings. The van der Waals surface area contributed by atoms with Crippen molar-refractivity contribution in [3.05, 3.63) is 0 Å². The van der Waals surface area contributed by atoms with Gasteiger partial charge in [0.2, 0.25) is 0 Å². The van der Waals surface area contributed by atoms with Crippen molar-refractivity contribution in [1.82, 2.24) is 4.33 Å². The van der Waals surface area contributed by atoms with Crippen molar-refractivity contribution in [2.24, 2.45) is 5.73 Å². The van der Waals surface area contributed by atoms with E-state index >= 15 is 0 Å². The van der Waals surface area contributed by atoms with Crippen LogP contribution in [0, 0.1) is 0 Å². The SMILES string of the molecule is CC(=O)[O][Cu]([NH]CCN)([O]C(C)=O)([O]C(C)=O)[O]C(C)=O. The van der Waals surface area contributed by atoms with E-state index in [-0.39, 0.29) is 13.1 Å². The van der Waals surface area contributed by atoms with Gasteiger partial charge in [-0.05, 0) is 0 Å². The van der Waals surface area contributed by atoms with Gasteiger partial charge in [0.25, 0.3) is 0 Å². The number of nitrogens with one attached hydrogen (secondary N) is 1. The van der Waals surface area contributed by atoms with Gasteiger partial charge in [-0.2, -0.15) is 0 Å². The third-order valence-electron chi connectivity index (χ3n) is 1.17. The molecule has 11 heteroatoms. The Morgan fingerprint density at radius 3 is 1.29 bits per heavy atom. The summed E-state index contributed by atoms with van der Waals surface area (Å²) in [5.74, 6) is -4.04. The van der Waals surface area contributed by atoms with Gasteiger partial charge in [0.15, 0.2) is 0 Å². The van der Waals surface area contributed by atoms with Gasteiger partial charge in [-0.15, -0.1) is 0 Å². The molecule has 0 aromatic carbocycles. The molecule has 0 heterocycles. The summed E-state index contributed by atoms with van der Waals surface area (Å²) in [6.45, 7) is 3.66. The van der Waals surface area contributed by atoms with Crippen LogP contribution in [0.4, 0.5) is 0 Å². The molecule has 0 amide bonds. The van der Waals surface area contributed by atoms with Crippen LogP contribution in [-0.2, 0) is 47.8 Å². The van der Waals surface area contributed by atoms with Crippen LogP contribution in [0.1, 0.15) is 27.7 Å². The predicted molar refractivity (Wildman–Crippen MR) is 64.1 cm³/mol. The molecule has 0 aliphatic heterocycles. The Morgan fingerprint density at radius 2 is 1.10 bits per heavy atom. The molecule has 3 N–H and O–H groups in total. The number of carbonyl (C=O) groups excluding carboxylic acids is 4. The summed E-state index contributed by atoms with van der Waals surface area (Å²) in [4.78, 5) is 45.3. The van der Waals surface area contributed by atoms with Crippen LogP contribution in [0.2, 0.25) is 0 Å². The fourth-order valence-corrected chi connectivity index (χ4v) is 3.82. The average Bonchev–Trinajstić information content (AvgIpc) is 2.21. The van der Waals surface area contributed by atoms with Crippen molar-refractivity contribution in [3.63, 3.8) is 0 Å². The van der Waals surface area contributed by atoms with Crippen LogP contribution in [0.15, 0.2) is 0 Å². The van der Waals surface area contributed by atoms with Gasteiger partial charge in [-0.25, -0.2) is 0 Å². The fraction of sp³-hybridized carbons (Fsp3) is 0.600. The second-order valence-corrected chi connectivity index (χ2v) is 6.22. The van der Waals surface area contributed by atoms with Gasteiger partial charge < -0.3 is 0 Å². The first-order valence-electron chi connectivity index (χ1n) is 5.54. The number of hydrogen-bond acceptors (Lipinski definition) is 10. The molecule has 0 bridgehead atoms. The van der Waals surface area contributed by atoms with E-state index in [0.29, 0.717) is 0 Å². The Kier molecular flexibility index (Phi) is 6.77. The van der Waals surface area contributed by atoms with Crippen LogP contribution in [0.5, 0.6) is 0 Å². The Balaban J connectivity index is 6.04. The second-order valence-electron chi connectivity index (χ2n) is 3.41. The Hall–Kier alpha value is -1.68. The first-order chi connectivity index (χ1) is 9.54. The minimum atomic E-state index is -4.98. The van der Waals surface area contributed by atoms with Crippen molar-refractivity contribution in [3.8, 4) is 0 Å². The van der Waals surface area contributed by atoms with Crippen molar-refractivity contribution in [1.29, 1.82) is 0 Å². The summed E-state index contributed by atoms with van der Waals surface area (Å²) < 4.78 is 21.6. The Morgan fingerprint density at radius 1 is 0.810 bits per heavy atom. The molecule has 0 spiro atoms. The van der Waals surface area contributed by atoms with E-state index in [1.807, 2.05) is 0 Å². The molecule has 0 unspecified atom stereocenters. The average molecular weight is 359 g/mol. The zero-order valence-corrected chi connectivity index (χ0v) is 13.0. The minimum absolute atomic E-state index is 0.0176. The summed E-state index contributed by atoms with van der Waals surface area (Å²) >= 11 is -4.98. The maximum atomic E-state index is 11.3. The molecule has 0 aliphatic rings. The van der Waals surface area contributed by atoms with Crippen LogP contribution in [-0.4, -0.2) is 37.0 Å². The maximum absolute atomic E-state index is 11.3. The molecule has 21 heavy (non-hydrogen) atoms. The van der Waals surface area contributed by atoms with Crippen LogP contribution in [0.25, 0.3) is 0 Å². The molecular formula is C10H19CuN2O8. The van der Waals surface area contributed by atoms with E-state index in [9.17, 15) is 19.2 Å². The zero-order chi connectivity index (χ0) is 16.7. The van der Waals surface area contributed by atoms with Crippen LogP contribution >= 0.6 is 0 Å². The standard InChI is InChI=1S/C2H7N2.4C2H4O2.Cu/c3-1-2-4;4*1-2(3)4;/h3H,1-2,4H2;4*1H3,(H,3,4);/q-1;;;;;+5/p-4. The molecule has 0 radical (unpaired) electrons. The van der Waals surface area contributed by atoms with E-state index < -0.39 is 37.2 Å². The molecule has 0 atom stereocenters. The van der Waals surface area contributed by atoms with Crippen molar-refractivity contribution in [2.75, 3.05) is 13.1 Å². The monoisotopic (exact) mass is 358 g/mol. The summed E-state index contributed by atoms with van der Waals surface area (Å²) in [5.41, 5.74) is 5.31. The first-order valence-corrected chi connectivity index (χ1v) is 7.55. The molecule has 0 aromatic heterocycles. The molecule has 0 aromatic rings. The molecule has 0 saturated heterocycles. The van der Waals surface area contributed by atoms with Crippen molar-refractivity contribution in [2.45, 2.75) is 27.7 Å². The van der Waals surface area contributed by atoms with Gasteiger partial charge in [-0.1, -0.05) is 0 Å². The van der Waals surface area contributed by atoms with Gasteiger partial charge in [0.1, 0.15) is 0 Å². The number of hydrogen-bond donors (Lipinski definition) is 2. The molecule has 128 valence electrons. The van der Waals surface area contributed by atoms with Crippen LogP contribution in [0.3, 0.4) is 0 Å². The summed E-state index contributed by atoms with van der Waals surface area (Å²) in [6, 6.07) is 0. The molecule has 10 nitrogen and oxygen atoms in total. The third-order valence-corrected chi connectivity index (χ3v) is 4.35. The summed E-state index contributed by atoms with van der Waals surface area (Å²) in [5, 5.41) is 0. The number of carbonyl (C=O) groups is 4. The predicted octanol–water partition coefficient (Wildman–Crippen LogP) is -0.948. The molecule has 0 saturated carbocycles. The van der Waals surface area contributed by atoms with E-state index in [1.54, 1.807) is 0 Å². The van der Waals surface area contributed by atoms with Crippen molar-refractivity contribution >= 4 is 23.9 Å². The Bertz CT molecular complexity index is 377. The zero-order valence-electron chi connectivity index (χ0n) is 12.1. The molecule has 0 rings (SSSR count). The normalized spacial score (nSPS) is 12.5. The number of nitrogens with two attached hydrogens (primary N) is 1. The molecular weight excluding hydrogens is 340 g/mol. The fourth-order valence-electron chi connectivity index (χ4n) is 0.927. The number of rotatable bonds is 7. The van der Waals surface area contributed by atoms with Gasteiger partial charge in [0.05, 0.1) is 0 Å². The van der Waals surface area contributed by atoms with Gasteiger partial charge in [0, 0.05) is 0 Å².